The number of nitrogens with one attached hydrogen (secondary N) is 2. The highest BCUT2D eigenvalue weighted by molar-refractivity contribution is 5.93. The van der Waals surface area contributed by atoms with Crippen molar-refractivity contribution in [2.75, 3.05) is 36.5 Å². The third-order valence-electron chi connectivity index (χ3n) is 4.37. The molecule has 0 aromatic heterocycles. The lowest BCUT2D eigenvalue weighted by molar-refractivity contribution is 0.204. The van der Waals surface area contributed by atoms with Crippen molar-refractivity contribution in [3.05, 3.63) is 24.3 Å². The molecule has 1 aliphatic rings. The van der Waals surface area contributed by atoms with Crippen molar-refractivity contribution in [3.8, 4) is 0 Å². The average Bonchev–Trinajstić information content (AvgIpc) is 2.54. The number of carbonyl (C=O) groups is 1. The first-order valence-electron chi connectivity index (χ1n) is 8.51. The smallest absolute Gasteiger partial charge is 0.319 e. The van der Waals surface area contributed by atoms with Crippen molar-refractivity contribution in [1.29, 1.82) is 0 Å². The lowest BCUT2D eigenvalue weighted by Gasteiger charge is -2.30. The molecule has 5 heteroatoms. The fraction of sp³-hybridized carbons (Fsp3) is 0.611. The van der Waals surface area contributed by atoms with Gasteiger partial charge in [0.25, 0.3) is 0 Å². The number of benzene rings is 1. The summed E-state index contributed by atoms with van der Waals surface area (Å²) < 4.78 is 0. The van der Waals surface area contributed by atoms with E-state index in [2.05, 4.69) is 21.6 Å². The summed E-state index contributed by atoms with van der Waals surface area (Å²) in [4.78, 5) is 14.5. The first kappa shape index (κ1) is 17.6. The molecule has 0 saturated carbocycles. The van der Waals surface area contributed by atoms with Crippen LogP contribution in [0.25, 0.3) is 0 Å². The summed E-state index contributed by atoms with van der Waals surface area (Å²) in [7, 11) is 0. The summed E-state index contributed by atoms with van der Waals surface area (Å²) in [6.45, 7) is 6.82. The van der Waals surface area contributed by atoms with E-state index in [1.54, 1.807) is 0 Å². The molecule has 0 aliphatic carbocycles. The second-order valence-corrected chi connectivity index (χ2v) is 7.01. The van der Waals surface area contributed by atoms with Gasteiger partial charge in [0, 0.05) is 26.2 Å². The molecule has 1 aromatic rings. The van der Waals surface area contributed by atoms with E-state index in [0.29, 0.717) is 13.0 Å². The molecule has 1 aliphatic heterocycles. The van der Waals surface area contributed by atoms with Crippen molar-refractivity contribution in [2.24, 2.45) is 5.41 Å². The summed E-state index contributed by atoms with van der Waals surface area (Å²) in [6, 6.07) is 7.77. The Morgan fingerprint density at radius 3 is 2.61 bits per heavy atom. The molecule has 128 valence electrons. The molecule has 5 nitrogen and oxygen atoms in total. The number of rotatable bonds is 6. The van der Waals surface area contributed by atoms with Crippen LogP contribution in [0, 0.1) is 5.41 Å². The molecular weight excluding hydrogens is 290 g/mol. The third-order valence-corrected chi connectivity index (χ3v) is 4.37. The van der Waals surface area contributed by atoms with Crippen molar-refractivity contribution in [3.63, 3.8) is 0 Å². The van der Waals surface area contributed by atoms with Crippen LogP contribution in [-0.2, 0) is 0 Å². The van der Waals surface area contributed by atoms with E-state index < -0.39 is 0 Å². The van der Waals surface area contributed by atoms with Crippen molar-refractivity contribution >= 4 is 17.4 Å². The second kappa shape index (κ2) is 8.20. The number of para-hydroxylation sites is 2. The van der Waals surface area contributed by atoms with Gasteiger partial charge >= 0.3 is 6.03 Å². The Hall–Kier alpha value is -1.75. The van der Waals surface area contributed by atoms with Gasteiger partial charge in [-0.1, -0.05) is 26.0 Å². The predicted molar refractivity (Wildman–Crippen MR) is 95.0 cm³/mol. The van der Waals surface area contributed by atoms with E-state index >= 15 is 0 Å². The van der Waals surface area contributed by atoms with Crippen LogP contribution in [0.5, 0.6) is 0 Å². The summed E-state index contributed by atoms with van der Waals surface area (Å²) in [5.41, 5.74) is 1.84. The molecule has 23 heavy (non-hydrogen) atoms. The molecule has 2 amide bonds. The van der Waals surface area contributed by atoms with Crippen LogP contribution in [-0.4, -0.2) is 37.4 Å². The van der Waals surface area contributed by atoms with Gasteiger partial charge in [0.05, 0.1) is 11.4 Å². The molecule has 1 fully saturated rings. The molecular formula is C18H29N3O2. The normalized spacial score (nSPS) is 15.3. The molecule has 3 N–H and O–H groups in total. The number of aliphatic hydroxyl groups is 1. The standard InChI is InChI=1S/C18H29N3O2/c1-18(2,10-13-22)14-19-17(23)20-15-8-4-5-9-16(15)21-11-6-3-7-12-21/h4-5,8-9,22H,3,6-7,10-14H2,1-2H3,(H2,19,20,23). The van der Waals surface area contributed by atoms with Gasteiger partial charge in [0.15, 0.2) is 0 Å². The average molecular weight is 319 g/mol. The van der Waals surface area contributed by atoms with Crippen LogP contribution in [0.4, 0.5) is 16.2 Å². The van der Waals surface area contributed by atoms with Gasteiger partial charge in [-0.2, -0.15) is 0 Å². The highest BCUT2D eigenvalue weighted by atomic mass is 16.3. The monoisotopic (exact) mass is 319 g/mol. The van der Waals surface area contributed by atoms with E-state index in [9.17, 15) is 4.79 Å². The summed E-state index contributed by atoms with van der Waals surface area (Å²) in [5, 5.41) is 14.9. The number of aliphatic hydroxyl groups excluding tert-OH is 1. The maximum absolute atomic E-state index is 12.2. The first-order chi connectivity index (χ1) is 11.0. The number of hydrogen-bond donors (Lipinski definition) is 3. The molecule has 2 rings (SSSR count). The number of piperidine rings is 1. The molecule has 0 spiro atoms. The van der Waals surface area contributed by atoms with Crippen molar-refractivity contribution < 1.29 is 9.90 Å². The molecule has 0 radical (unpaired) electrons. The largest absolute Gasteiger partial charge is 0.396 e. The molecule has 1 aromatic carbocycles. The number of anilines is 2. The Balaban J connectivity index is 1.95. The van der Waals surface area contributed by atoms with Gasteiger partial charge in [-0.3, -0.25) is 0 Å². The van der Waals surface area contributed by atoms with Gasteiger partial charge in [-0.15, -0.1) is 0 Å². The van der Waals surface area contributed by atoms with Crippen LogP contribution < -0.4 is 15.5 Å². The SMILES string of the molecule is CC(C)(CCO)CNC(=O)Nc1ccccc1N1CCCCC1. The Kier molecular flexibility index (Phi) is 6.28. The number of urea groups is 1. The predicted octanol–water partition coefficient (Wildman–Crippen LogP) is 3.21. The Morgan fingerprint density at radius 1 is 1.22 bits per heavy atom. The molecule has 1 saturated heterocycles. The number of hydrogen-bond acceptors (Lipinski definition) is 3. The Morgan fingerprint density at radius 2 is 1.91 bits per heavy atom. The lowest BCUT2D eigenvalue weighted by atomic mass is 9.90. The second-order valence-electron chi connectivity index (χ2n) is 7.01. The van der Waals surface area contributed by atoms with E-state index in [-0.39, 0.29) is 18.1 Å². The van der Waals surface area contributed by atoms with Gasteiger partial charge in [-0.25, -0.2) is 4.79 Å². The number of nitrogens with zero attached hydrogens (tertiary/aromatic N) is 1. The fourth-order valence-corrected chi connectivity index (χ4v) is 2.87. The quantitative estimate of drug-likeness (QED) is 0.754. The molecule has 0 unspecified atom stereocenters. The molecule has 1 heterocycles. The van der Waals surface area contributed by atoms with Crippen LogP contribution in [0.15, 0.2) is 24.3 Å². The van der Waals surface area contributed by atoms with Crippen LogP contribution in [0.2, 0.25) is 0 Å². The minimum Gasteiger partial charge on any atom is -0.396 e. The van der Waals surface area contributed by atoms with Gasteiger partial charge in [0.2, 0.25) is 0 Å². The first-order valence-corrected chi connectivity index (χ1v) is 8.51. The van der Waals surface area contributed by atoms with Gasteiger partial charge < -0.3 is 20.6 Å². The van der Waals surface area contributed by atoms with Gasteiger partial charge in [-0.05, 0) is 43.2 Å². The van der Waals surface area contributed by atoms with Gasteiger partial charge in [0.1, 0.15) is 0 Å². The Labute approximate surface area is 139 Å². The number of amides is 2. The van der Waals surface area contributed by atoms with Crippen molar-refractivity contribution in [1.82, 2.24) is 5.32 Å². The minimum absolute atomic E-state index is 0.113. The van der Waals surface area contributed by atoms with E-state index in [0.717, 1.165) is 24.5 Å². The zero-order chi connectivity index (χ0) is 16.7. The number of carbonyl (C=O) groups excluding carboxylic acids is 1. The zero-order valence-corrected chi connectivity index (χ0v) is 14.3. The maximum atomic E-state index is 12.2. The van der Waals surface area contributed by atoms with Crippen molar-refractivity contribution in [2.45, 2.75) is 39.5 Å². The molecule has 0 atom stereocenters. The van der Waals surface area contributed by atoms with Crippen LogP contribution in [0.3, 0.4) is 0 Å². The lowest BCUT2D eigenvalue weighted by Crippen LogP contribution is -2.37. The van der Waals surface area contributed by atoms with E-state index in [1.165, 1.54) is 19.3 Å². The highest BCUT2D eigenvalue weighted by Crippen LogP contribution is 2.28. The summed E-state index contributed by atoms with van der Waals surface area (Å²) in [6.07, 6.45) is 4.36. The third kappa shape index (κ3) is 5.43. The summed E-state index contributed by atoms with van der Waals surface area (Å²) >= 11 is 0. The topological polar surface area (TPSA) is 64.6 Å². The van der Waals surface area contributed by atoms with Crippen LogP contribution >= 0.6 is 0 Å². The Bertz CT molecular complexity index is 511. The summed E-state index contributed by atoms with van der Waals surface area (Å²) in [5.74, 6) is 0. The minimum atomic E-state index is -0.194. The van der Waals surface area contributed by atoms with Crippen LogP contribution in [0.1, 0.15) is 39.5 Å². The highest BCUT2D eigenvalue weighted by Gasteiger charge is 2.19. The van der Waals surface area contributed by atoms with E-state index in [4.69, 9.17) is 5.11 Å². The van der Waals surface area contributed by atoms with E-state index in [1.807, 2.05) is 32.0 Å². The zero-order valence-electron chi connectivity index (χ0n) is 14.3. The maximum Gasteiger partial charge on any atom is 0.319 e. The fourth-order valence-electron chi connectivity index (χ4n) is 2.87. The molecule has 0 bridgehead atoms.